The van der Waals surface area contributed by atoms with Gasteiger partial charge in [0.25, 0.3) is 0 Å². The first-order valence-corrected chi connectivity index (χ1v) is 8.33. The molecule has 1 N–H and O–H groups in total. The highest BCUT2D eigenvalue weighted by Crippen LogP contribution is 2.35. The maximum Gasteiger partial charge on any atom is 0.240 e. The highest BCUT2D eigenvalue weighted by molar-refractivity contribution is 7.89. The minimum Gasteiger partial charge on any atom is -0.302 e. The molecule has 0 saturated heterocycles. The minimum atomic E-state index is -3.54. The molecular formula is C16H15N3O2S. The first-order valence-electron chi connectivity index (χ1n) is 6.85. The molecule has 0 unspecified atom stereocenters. The smallest absolute Gasteiger partial charge is 0.240 e. The van der Waals surface area contributed by atoms with Crippen LogP contribution in [0.15, 0.2) is 47.4 Å². The maximum absolute atomic E-state index is 12.2. The van der Waals surface area contributed by atoms with Gasteiger partial charge in [-0.15, -0.1) is 0 Å². The second kappa shape index (κ2) is 5.44. The van der Waals surface area contributed by atoms with Gasteiger partial charge in [-0.3, -0.25) is 0 Å². The standard InChI is InChI=1S/C16H15N3O2S/c1-18-22(20,21)16-8-3-2-6-14(16)13-7-4-5-12-9-19(11-17)10-15(12)13/h2-8,18H,9-10H2,1H3. The van der Waals surface area contributed by atoms with Gasteiger partial charge in [-0.05, 0) is 29.8 Å². The molecule has 1 aliphatic heterocycles. The summed E-state index contributed by atoms with van der Waals surface area (Å²) < 4.78 is 26.8. The lowest BCUT2D eigenvalue weighted by molar-refractivity contribution is 0.417. The number of benzene rings is 2. The lowest BCUT2D eigenvalue weighted by Crippen LogP contribution is -2.19. The van der Waals surface area contributed by atoms with Crippen LogP contribution in [0.5, 0.6) is 0 Å². The Balaban J connectivity index is 2.21. The van der Waals surface area contributed by atoms with Gasteiger partial charge in [0, 0.05) is 5.56 Å². The van der Waals surface area contributed by atoms with E-state index in [1.807, 2.05) is 24.3 Å². The summed E-state index contributed by atoms with van der Waals surface area (Å²) in [7, 11) is -2.14. The second-order valence-corrected chi connectivity index (χ2v) is 6.96. The highest BCUT2D eigenvalue weighted by atomic mass is 32.2. The molecule has 0 atom stereocenters. The summed E-state index contributed by atoms with van der Waals surface area (Å²) in [6, 6.07) is 12.7. The fourth-order valence-corrected chi connectivity index (χ4v) is 3.72. The van der Waals surface area contributed by atoms with E-state index in [1.54, 1.807) is 23.1 Å². The molecule has 0 spiro atoms. The summed E-state index contributed by atoms with van der Waals surface area (Å²) in [5.74, 6) is 0. The van der Waals surface area contributed by atoms with Crippen LogP contribution in [0.4, 0.5) is 0 Å². The third kappa shape index (κ3) is 2.34. The fourth-order valence-electron chi connectivity index (χ4n) is 2.78. The highest BCUT2D eigenvalue weighted by Gasteiger charge is 2.24. The Morgan fingerprint density at radius 3 is 2.55 bits per heavy atom. The molecule has 2 aromatic carbocycles. The molecule has 2 aromatic rings. The van der Waals surface area contributed by atoms with E-state index in [-0.39, 0.29) is 4.90 Å². The van der Waals surface area contributed by atoms with Crippen LogP contribution < -0.4 is 4.72 Å². The van der Waals surface area contributed by atoms with E-state index in [0.717, 1.165) is 16.7 Å². The molecule has 0 amide bonds. The summed E-state index contributed by atoms with van der Waals surface area (Å²) in [4.78, 5) is 1.91. The average molecular weight is 313 g/mol. The van der Waals surface area contributed by atoms with Crippen LogP contribution in [-0.4, -0.2) is 20.4 Å². The van der Waals surface area contributed by atoms with Crippen molar-refractivity contribution in [1.29, 1.82) is 5.26 Å². The number of sulfonamides is 1. The Bertz CT molecular complexity index is 869. The fraction of sp³-hybridized carbons (Fsp3) is 0.188. The van der Waals surface area contributed by atoms with Crippen LogP contribution in [0, 0.1) is 11.5 Å². The van der Waals surface area contributed by atoms with Crippen LogP contribution in [0.1, 0.15) is 11.1 Å². The van der Waals surface area contributed by atoms with Gasteiger partial charge in [0.1, 0.15) is 0 Å². The molecule has 0 saturated carbocycles. The lowest BCUT2D eigenvalue weighted by Gasteiger charge is -2.13. The Labute approximate surface area is 129 Å². The average Bonchev–Trinajstić information content (AvgIpc) is 2.98. The Hall–Kier alpha value is -2.36. The third-order valence-electron chi connectivity index (χ3n) is 3.86. The van der Waals surface area contributed by atoms with E-state index in [9.17, 15) is 8.42 Å². The number of hydrogen-bond acceptors (Lipinski definition) is 4. The van der Waals surface area contributed by atoms with Crippen molar-refractivity contribution in [3.63, 3.8) is 0 Å². The Kier molecular flexibility index (Phi) is 3.61. The van der Waals surface area contributed by atoms with E-state index in [4.69, 9.17) is 5.26 Å². The number of rotatable bonds is 3. The number of nitriles is 1. The van der Waals surface area contributed by atoms with Crippen LogP contribution in [0.2, 0.25) is 0 Å². The van der Waals surface area contributed by atoms with E-state index < -0.39 is 10.0 Å². The molecule has 1 heterocycles. The van der Waals surface area contributed by atoms with E-state index in [1.165, 1.54) is 7.05 Å². The summed E-state index contributed by atoms with van der Waals surface area (Å²) >= 11 is 0. The van der Waals surface area contributed by atoms with Crippen molar-refractivity contribution in [2.75, 3.05) is 7.05 Å². The molecule has 0 aliphatic carbocycles. The molecule has 22 heavy (non-hydrogen) atoms. The Morgan fingerprint density at radius 2 is 1.82 bits per heavy atom. The van der Waals surface area contributed by atoms with Crippen molar-refractivity contribution >= 4 is 10.0 Å². The monoisotopic (exact) mass is 313 g/mol. The summed E-state index contributed by atoms with van der Waals surface area (Å²) in [6.45, 7) is 1.08. The van der Waals surface area contributed by atoms with Gasteiger partial charge in [-0.2, -0.15) is 5.26 Å². The third-order valence-corrected chi connectivity index (χ3v) is 5.33. The molecular weight excluding hydrogens is 298 g/mol. The molecule has 6 heteroatoms. The van der Waals surface area contributed by atoms with Gasteiger partial charge >= 0.3 is 0 Å². The van der Waals surface area contributed by atoms with Crippen LogP contribution >= 0.6 is 0 Å². The number of hydrogen-bond donors (Lipinski definition) is 1. The zero-order valence-electron chi connectivity index (χ0n) is 12.1. The predicted octanol–water partition coefficient (Wildman–Crippen LogP) is 2.06. The molecule has 112 valence electrons. The lowest BCUT2D eigenvalue weighted by atomic mass is 9.97. The van der Waals surface area contributed by atoms with E-state index >= 15 is 0 Å². The number of fused-ring (bicyclic) bond motifs is 1. The van der Waals surface area contributed by atoms with Crippen molar-refractivity contribution in [3.8, 4) is 17.3 Å². The number of nitrogens with zero attached hydrogens (tertiary/aromatic N) is 2. The first kappa shape index (κ1) is 14.6. The van der Waals surface area contributed by atoms with Crippen LogP contribution in [-0.2, 0) is 23.1 Å². The SMILES string of the molecule is CNS(=O)(=O)c1ccccc1-c1cccc2c1CN(C#N)C2. The zero-order valence-corrected chi connectivity index (χ0v) is 12.9. The first-order chi connectivity index (χ1) is 10.6. The summed E-state index contributed by atoms with van der Waals surface area (Å²) in [5.41, 5.74) is 3.61. The van der Waals surface area contributed by atoms with Crippen molar-refractivity contribution < 1.29 is 8.42 Å². The van der Waals surface area contributed by atoms with Crippen LogP contribution in [0.25, 0.3) is 11.1 Å². The topological polar surface area (TPSA) is 73.2 Å². The maximum atomic E-state index is 12.2. The van der Waals surface area contributed by atoms with E-state index in [0.29, 0.717) is 18.7 Å². The largest absolute Gasteiger partial charge is 0.302 e. The van der Waals surface area contributed by atoms with Crippen molar-refractivity contribution in [2.24, 2.45) is 0 Å². The normalized spacial score (nSPS) is 13.7. The molecule has 0 aromatic heterocycles. The zero-order chi connectivity index (χ0) is 15.7. The number of nitrogens with one attached hydrogen (secondary N) is 1. The quantitative estimate of drug-likeness (QED) is 0.880. The van der Waals surface area contributed by atoms with Gasteiger partial charge in [0.2, 0.25) is 10.0 Å². The van der Waals surface area contributed by atoms with Crippen molar-refractivity contribution in [3.05, 3.63) is 53.6 Å². The van der Waals surface area contributed by atoms with Crippen molar-refractivity contribution in [2.45, 2.75) is 18.0 Å². The predicted molar refractivity (Wildman–Crippen MR) is 83.0 cm³/mol. The van der Waals surface area contributed by atoms with Crippen LogP contribution in [0.3, 0.4) is 0 Å². The van der Waals surface area contributed by atoms with Gasteiger partial charge < -0.3 is 4.90 Å². The van der Waals surface area contributed by atoms with Gasteiger partial charge in [-0.25, -0.2) is 13.1 Å². The molecule has 0 radical (unpaired) electrons. The van der Waals surface area contributed by atoms with Gasteiger partial charge in [0.15, 0.2) is 6.19 Å². The molecule has 1 aliphatic rings. The molecule has 0 bridgehead atoms. The van der Waals surface area contributed by atoms with Gasteiger partial charge in [0.05, 0.1) is 18.0 Å². The summed E-state index contributed by atoms with van der Waals surface area (Å²) in [6.07, 6.45) is 2.15. The molecule has 5 nitrogen and oxygen atoms in total. The van der Waals surface area contributed by atoms with E-state index in [2.05, 4.69) is 10.9 Å². The molecule has 3 rings (SSSR count). The second-order valence-electron chi connectivity index (χ2n) is 5.10. The molecule has 0 fully saturated rings. The minimum absolute atomic E-state index is 0.251. The summed E-state index contributed by atoms with van der Waals surface area (Å²) in [5, 5.41) is 9.09. The van der Waals surface area contributed by atoms with Crippen molar-refractivity contribution in [1.82, 2.24) is 9.62 Å². The Morgan fingerprint density at radius 1 is 1.09 bits per heavy atom. The van der Waals surface area contributed by atoms with Gasteiger partial charge in [-0.1, -0.05) is 36.4 Å².